The molecule has 0 atom stereocenters. The second-order valence-corrected chi connectivity index (χ2v) is 6.33. The number of hydrogen-bond donors (Lipinski definition) is 3. The van der Waals surface area contributed by atoms with E-state index in [2.05, 4.69) is 10.6 Å². The average Bonchev–Trinajstić information content (AvgIpc) is 3.00. The number of carbonyl (C=O) groups excluding carboxylic acids is 2. The number of likely N-dealkylation sites (tertiary alicyclic amines) is 1. The number of aromatic carboxylic acids is 1. The molecule has 1 aromatic carbocycles. The molecule has 0 bridgehead atoms. The van der Waals surface area contributed by atoms with Gasteiger partial charge in [-0.05, 0) is 49.2 Å². The summed E-state index contributed by atoms with van der Waals surface area (Å²) in [6.07, 6.45) is 4.35. The zero-order valence-electron chi connectivity index (χ0n) is 14.7. The summed E-state index contributed by atoms with van der Waals surface area (Å²) in [4.78, 5) is 37.0. The number of benzene rings is 1. The van der Waals surface area contributed by atoms with E-state index in [1.807, 2.05) is 4.90 Å². The number of anilines is 2. The highest BCUT2D eigenvalue weighted by Gasteiger charge is 2.16. The Labute approximate surface area is 156 Å². The number of furan rings is 1. The van der Waals surface area contributed by atoms with Crippen molar-refractivity contribution < 1.29 is 23.9 Å². The van der Waals surface area contributed by atoms with E-state index >= 15 is 0 Å². The van der Waals surface area contributed by atoms with Gasteiger partial charge in [0.15, 0.2) is 5.76 Å². The van der Waals surface area contributed by atoms with Gasteiger partial charge in [0, 0.05) is 24.5 Å². The topological polar surface area (TPSA) is 112 Å². The second kappa shape index (κ2) is 8.39. The van der Waals surface area contributed by atoms with Gasteiger partial charge >= 0.3 is 12.0 Å². The number of carbonyl (C=O) groups is 3. The Hall–Kier alpha value is -3.29. The first-order valence-corrected chi connectivity index (χ1v) is 8.83. The molecule has 27 heavy (non-hydrogen) atoms. The van der Waals surface area contributed by atoms with E-state index in [-0.39, 0.29) is 17.6 Å². The minimum atomic E-state index is -1.24. The third kappa shape index (κ3) is 4.87. The van der Waals surface area contributed by atoms with Crippen LogP contribution >= 0.6 is 0 Å². The van der Waals surface area contributed by atoms with E-state index in [4.69, 9.17) is 9.52 Å². The Bertz CT molecular complexity index is 820. The maximum Gasteiger partial charge on any atom is 0.371 e. The van der Waals surface area contributed by atoms with Crippen molar-refractivity contribution in [1.29, 1.82) is 0 Å². The molecule has 1 aliphatic rings. The van der Waals surface area contributed by atoms with E-state index < -0.39 is 11.9 Å². The zero-order valence-corrected chi connectivity index (χ0v) is 14.7. The van der Waals surface area contributed by atoms with Crippen LogP contribution < -0.4 is 10.6 Å². The van der Waals surface area contributed by atoms with Crippen LogP contribution in [0.15, 0.2) is 40.8 Å². The van der Waals surface area contributed by atoms with Crippen LogP contribution in [0.2, 0.25) is 0 Å². The number of carboxylic acid groups (broad SMARTS) is 1. The predicted octanol–water partition coefficient (Wildman–Crippen LogP) is 3.64. The highest BCUT2D eigenvalue weighted by molar-refractivity contribution is 6.03. The minimum Gasteiger partial charge on any atom is -0.475 e. The molecule has 8 heteroatoms. The number of carboxylic acids is 1. The van der Waals surface area contributed by atoms with Crippen LogP contribution in [0.5, 0.6) is 0 Å². The lowest BCUT2D eigenvalue weighted by molar-refractivity contribution is 0.0660. The summed E-state index contributed by atoms with van der Waals surface area (Å²) in [6, 6.07) is 9.08. The van der Waals surface area contributed by atoms with E-state index in [9.17, 15) is 14.4 Å². The van der Waals surface area contributed by atoms with Gasteiger partial charge in [0.05, 0.1) is 0 Å². The normalized spacial score (nSPS) is 14.3. The number of amides is 3. The summed E-state index contributed by atoms with van der Waals surface area (Å²) in [5.74, 6) is -2.18. The molecule has 3 amide bonds. The monoisotopic (exact) mass is 371 g/mol. The van der Waals surface area contributed by atoms with Crippen molar-refractivity contribution in [2.45, 2.75) is 25.7 Å². The van der Waals surface area contributed by atoms with Crippen LogP contribution in [0, 0.1) is 0 Å². The van der Waals surface area contributed by atoms with Crippen LogP contribution in [0.3, 0.4) is 0 Å². The summed E-state index contributed by atoms with van der Waals surface area (Å²) in [5, 5.41) is 14.3. The number of rotatable bonds is 4. The molecule has 142 valence electrons. The van der Waals surface area contributed by atoms with Crippen LogP contribution in [0.4, 0.5) is 16.2 Å². The standard InChI is InChI=1S/C19H21N3O5/c23-17(15-9-10-16(27-15)18(24)25)20-13-5-7-14(8-6-13)21-19(26)22-11-3-1-2-4-12-22/h5-10H,1-4,11-12H2,(H,20,23)(H,21,26)(H,24,25). The molecule has 1 fully saturated rings. The van der Waals surface area contributed by atoms with Crippen molar-refractivity contribution >= 4 is 29.3 Å². The molecule has 0 saturated carbocycles. The molecule has 0 radical (unpaired) electrons. The third-order valence-corrected chi connectivity index (χ3v) is 4.33. The highest BCUT2D eigenvalue weighted by Crippen LogP contribution is 2.17. The van der Waals surface area contributed by atoms with Crippen molar-refractivity contribution in [3.63, 3.8) is 0 Å². The molecule has 1 aromatic heterocycles. The summed E-state index contributed by atoms with van der Waals surface area (Å²) in [5.41, 5.74) is 1.13. The maximum atomic E-state index is 12.3. The number of nitrogens with zero attached hydrogens (tertiary/aromatic N) is 1. The van der Waals surface area contributed by atoms with E-state index in [1.165, 1.54) is 12.1 Å². The SMILES string of the molecule is O=C(O)c1ccc(C(=O)Nc2ccc(NC(=O)N3CCCCCC3)cc2)o1. The van der Waals surface area contributed by atoms with Crippen LogP contribution in [0.1, 0.15) is 46.8 Å². The summed E-state index contributed by atoms with van der Waals surface area (Å²) >= 11 is 0. The van der Waals surface area contributed by atoms with Gasteiger partial charge in [-0.2, -0.15) is 0 Å². The summed E-state index contributed by atoms with van der Waals surface area (Å²) in [7, 11) is 0. The van der Waals surface area contributed by atoms with Gasteiger partial charge in [0.2, 0.25) is 5.76 Å². The molecule has 2 aromatic rings. The number of hydrogen-bond acceptors (Lipinski definition) is 4. The quantitative estimate of drug-likeness (QED) is 0.760. The molecular weight excluding hydrogens is 350 g/mol. The third-order valence-electron chi connectivity index (χ3n) is 4.33. The fourth-order valence-corrected chi connectivity index (χ4v) is 2.88. The molecule has 0 aliphatic carbocycles. The van der Waals surface area contributed by atoms with Gasteiger partial charge in [-0.1, -0.05) is 12.8 Å². The fourth-order valence-electron chi connectivity index (χ4n) is 2.88. The summed E-state index contributed by atoms with van der Waals surface area (Å²) < 4.78 is 4.96. The number of urea groups is 1. The molecule has 0 spiro atoms. The van der Waals surface area contributed by atoms with E-state index in [0.29, 0.717) is 11.4 Å². The van der Waals surface area contributed by atoms with Gasteiger partial charge in [-0.3, -0.25) is 4.79 Å². The van der Waals surface area contributed by atoms with Gasteiger partial charge in [0.1, 0.15) is 0 Å². The fraction of sp³-hybridized carbons (Fsp3) is 0.316. The zero-order chi connectivity index (χ0) is 19.2. The molecule has 3 N–H and O–H groups in total. The van der Waals surface area contributed by atoms with Gasteiger partial charge in [-0.25, -0.2) is 9.59 Å². The van der Waals surface area contributed by atoms with Crippen LogP contribution in [-0.4, -0.2) is 41.0 Å². The average molecular weight is 371 g/mol. The van der Waals surface area contributed by atoms with Crippen molar-refractivity contribution in [2.75, 3.05) is 23.7 Å². The van der Waals surface area contributed by atoms with Crippen molar-refractivity contribution in [2.24, 2.45) is 0 Å². The maximum absolute atomic E-state index is 12.3. The van der Waals surface area contributed by atoms with Gasteiger partial charge < -0.3 is 25.1 Å². The first kappa shape index (κ1) is 18.5. The molecule has 1 saturated heterocycles. The Balaban J connectivity index is 1.57. The molecule has 1 aliphatic heterocycles. The lowest BCUT2D eigenvalue weighted by Gasteiger charge is -2.20. The van der Waals surface area contributed by atoms with E-state index in [0.717, 1.165) is 38.8 Å². The van der Waals surface area contributed by atoms with Crippen molar-refractivity contribution in [3.8, 4) is 0 Å². The molecular formula is C19H21N3O5. The Kier molecular flexibility index (Phi) is 5.75. The second-order valence-electron chi connectivity index (χ2n) is 6.33. The van der Waals surface area contributed by atoms with Gasteiger partial charge in [-0.15, -0.1) is 0 Å². The Morgan fingerprint density at radius 1 is 0.815 bits per heavy atom. The highest BCUT2D eigenvalue weighted by atomic mass is 16.4. The van der Waals surface area contributed by atoms with Gasteiger partial charge in [0.25, 0.3) is 5.91 Å². The number of nitrogens with one attached hydrogen (secondary N) is 2. The largest absolute Gasteiger partial charge is 0.475 e. The van der Waals surface area contributed by atoms with Crippen molar-refractivity contribution in [1.82, 2.24) is 4.90 Å². The first-order chi connectivity index (χ1) is 13.0. The molecule has 3 rings (SSSR count). The van der Waals surface area contributed by atoms with Crippen molar-refractivity contribution in [3.05, 3.63) is 47.9 Å². The Morgan fingerprint density at radius 3 is 1.93 bits per heavy atom. The molecule has 8 nitrogen and oxygen atoms in total. The van der Waals surface area contributed by atoms with Crippen LogP contribution in [0.25, 0.3) is 0 Å². The molecule has 2 heterocycles. The van der Waals surface area contributed by atoms with E-state index in [1.54, 1.807) is 24.3 Å². The van der Waals surface area contributed by atoms with Crippen LogP contribution in [-0.2, 0) is 0 Å². The first-order valence-electron chi connectivity index (χ1n) is 8.83. The minimum absolute atomic E-state index is 0.0917. The molecule has 0 unspecified atom stereocenters. The Morgan fingerprint density at radius 2 is 1.37 bits per heavy atom. The summed E-state index contributed by atoms with van der Waals surface area (Å²) in [6.45, 7) is 1.53. The smallest absolute Gasteiger partial charge is 0.371 e. The lowest BCUT2D eigenvalue weighted by atomic mass is 10.2. The predicted molar refractivity (Wildman–Crippen MR) is 99.1 cm³/mol. The lowest BCUT2D eigenvalue weighted by Crippen LogP contribution is -2.35.